The van der Waals surface area contributed by atoms with Crippen molar-refractivity contribution in [3.8, 4) is 5.75 Å². The van der Waals surface area contributed by atoms with Crippen LogP contribution in [0.25, 0.3) is 6.08 Å². The maximum Gasteiger partial charge on any atom is 0.331 e. The molecule has 0 aliphatic heterocycles. The molecule has 2 aromatic carbocycles. The van der Waals surface area contributed by atoms with Gasteiger partial charge in [-0.25, -0.2) is 4.79 Å². The van der Waals surface area contributed by atoms with Gasteiger partial charge in [-0.15, -0.1) is 0 Å². The maximum absolute atomic E-state index is 12.0. The number of hydrogen-bond donors (Lipinski definition) is 1. The zero-order valence-electron chi connectivity index (χ0n) is 13.6. The van der Waals surface area contributed by atoms with E-state index < -0.39 is 12.1 Å². The molecule has 0 spiro atoms. The quantitative estimate of drug-likeness (QED) is 0.654. The third-order valence-corrected chi connectivity index (χ3v) is 3.23. The van der Waals surface area contributed by atoms with E-state index in [4.69, 9.17) is 9.47 Å². The van der Waals surface area contributed by atoms with Crippen LogP contribution in [0.2, 0.25) is 0 Å². The van der Waals surface area contributed by atoms with Crippen molar-refractivity contribution in [2.24, 2.45) is 0 Å². The molecule has 0 bridgehead atoms. The molecule has 124 valence electrons. The van der Waals surface area contributed by atoms with E-state index >= 15 is 0 Å². The molecule has 0 fully saturated rings. The highest BCUT2D eigenvalue weighted by molar-refractivity contribution is 5.96. The number of esters is 1. The average molecular weight is 325 g/mol. The number of nitrogens with one attached hydrogen (secondary N) is 1. The van der Waals surface area contributed by atoms with Gasteiger partial charge in [0.05, 0.1) is 7.11 Å². The van der Waals surface area contributed by atoms with Crippen molar-refractivity contribution in [1.29, 1.82) is 0 Å². The number of hydrogen-bond acceptors (Lipinski definition) is 4. The van der Waals surface area contributed by atoms with Crippen molar-refractivity contribution in [2.75, 3.05) is 12.4 Å². The van der Waals surface area contributed by atoms with Gasteiger partial charge in [0.1, 0.15) is 5.75 Å². The topological polar surface area (TPSA) is 64.6 Å². The fourth-order valence-corrected chi connectivity index (χ4v) is 1.91. The van der Waals surface area contributed by atoms with Crippen molar-refractivity contribution < 1.29 is 19.1 Å². The zero-order chi connectivity index (χ0) is 17.4. The Hall–Kier alpha value is -3.08. The van der Waals surface area contributed by atoms with Crippen LogP contribution in [0.5, 0.6) is 5.75 Å². The molecule has 0 radical (unpaired) electrons. The summed E-state index contributed by atoms with van der Waals surface area (Å²) >= 11 is 0. The number of amides is 1. The number of ether oxygens (including phenoxy) is 2. The molecule has 1 N–H and O–H groups in total. The van der Waals surface area contributed by atoms with Crippen molar-refractivity contribution in [2.45, 2.75) is 13.0 Å². The smallest absolute Gasteiger partial charge is 0.331 e. The summed E-state index contributed by atoms with van der Waals surface area (Å²) < 4.78 is 10.2. The van der Waals surface area contributed by atoms with E-state index in [1.165, 1.54) is 13.0 Å². The molecule has 5 nitrogen and oxygen atoms in total. The summed E-state index contributed by atoms with van der Waals surface area (Å²) in [5, 5.41) is 2.68. The van der Waals surface area contributed by atoms with Gasteiger partial charge in [-0.3, -0.25) is 4.79 Å². The van der Waals surface area contributed by atoms with Crippen LogP contribution in [0.3, 0.4) is 0 Å². The highest BCUT2D eigenvalue weighted by Crippen LogP contribution is 2.12. The van der Waals surface area contributed by atoms with E-state index in [-0.39, 0.29) is 5.91 Å². The second-order valence-electron chi connectivity index (χ2n) is 5.04. The molecular weight excluding hydrogens is 306 g/mol. The number of rotatable bonds is 6. The van der Waals surface area contributed by atoms with Crippen LogP contribution in [0, 0.1) is 0 Å². The summed E-state index contributed by atoms with van der Waals surface area (Å²) in [5.74, 6) is -0.227. The first kappa shape index (κ1) is 17.3. The lowest BCUT2D eigenvalue weighted by atomic mass is 10.2. The second-order valence-corrected chi connectivity index (χ2v) is 5.04. The van der Waals surface area contributed by atoms with Crippen LogP contribution >= 0.6 is 0 Å². The van der Waals surface area contributed by atoms with E-state index in [1.54, 1.807) is 37.5 Å². The van der Waals surface area contributed by atoms with Crippen molar-refractivity contribution in [1.82, 2.24) is 0 Å². The third-order valence-electron chi connectivity index (χ3n) is 3.23. The fraction of sp³-hybridized carbons (Fsp3) is 0.158. The molecule has 1 atom stereocenters. The molecular formula is C19H19NO4. The standard InChI is InChI=1S/C19H19NO4/c1-14(19(22)20-16-6-4-3-5-7-16)24-18(21)13-10-15-8-11-17(23-2)12-9-15/h3-14H,1-2H3,(H,20,22). The summed E-state index contributed by atoms with van der Waals surface area (Å²) in [6, 6.07) is 16.2. The highest BCUT2D eigenvalue weighted by atomic mass is 16.5. The first-order valence-electron chi connectivity index (χ1n) is 7.47. The first-order valence-corrected chi connectivity index (χ1v) is 7.47. The number of para-hydroxylation sites is 1. The zero-order valence-corrected chi connectivity index (χ0v) is 13.6. The van der Waals surface area contributed by atoms with E-state index in [0.717, 1.165) is 11.3 Å². The molecule has 0 aromatic heterocycles. The normalized spacial score (nSPS) is 11.8. The Morgan fingerprint density at radius 2 is 1.71 bits per heavy atom. The van der Waals surface area contributed by atoms with Crippen molar-refractivity contribution >= 4 is 23.6 Å². The largest absolute Gasteiger partial charge is 0.497 e. The SMILES string of the molecule is COc1ccc(C=CC(=O)OC(C)C(=O)Nc2ccccc2)cc1. The fourth-order valence-electron chi connectivity index (χ4n) is 1.91. The minimum Gasteiger partial charge on any atom is -0.497 e. The molecule has 24 heavy (non-hydrogen) atoms. The van der Waals surface area contributed by atoms with Gasteiger partial charge in [0.15, 0.2) is 6.10 Å². The van der Waals surface area contributed by atoms with Gasteiger partial charge in [-0.1, -0.05) is 30.3 Å². The molecule has 0 heterocycles. The molecule has 5 heteroatoms. The van der Waals surface area contributed by atoms with Crippen molar-refractivity contribution in [3.05, 3.63) is 66.2 Å². The summed E-state index contributed by atoms with van der Waals surface area (Å²) in [6.07, 6.45) is 2.01. The number of carbonyl (C=O) groups excluding carboxylic acids is 2. The molecule has 2 aromatic rings. The monoisotopic (exact) mass is 325 g/mol. The lowest BCUT2D eigenvalue weighted by Crippen LogP contribution is -2.29. The average Bonchev–Trinajstić information content (AvgIpc) is 2.61. The van der Waals surface area contributed by atoms with Gasteiger partial charge in [0.25, 0.3) is 5.91 Å². The Bertz CT molecular complexity index is 708. The molecule has 0 aliphatic carbocycles. The molecule has 0 saturated heterocycles. The molecule has 2 rings (SSSR count). The van der Waals surface area contributed by atoms with Crippen LogP contribution in [0.1, 0.15) is 12.5 Å². The highest BCUT2D eigenvalue weighted by Gasteiger charge is 2.16. The summed E-state index contributed by atoms with van der Waals surface area (Å²) in [5.41, 5.74) is 1.48. The summed E-state index contributed by atoms with van der Waals surface area (Å²) in [6.45, 7) is 1.53. The Morgan fingerprint density at radius 3 is 2.33 bits per heavy atom. The van der Waals surface area contributed by atoms with Gasteiger partial charge < -0.3 is 14.8 Å². The van der Waals surface area contributed by atoms with Crippen LogP contribution in [-0.2, 0) is 14.3 Å². The summed E-state index contributed by atoms with van der Waals surface area (Å²) in [7, 11) is 1.59. The predicted octanol–water partition coefficient (Wildman–Crippen LogP) is 3.28. The van der Waals surface area contributed by atoms with E-state index in [0.29, 0.717) is 5.69 Å². The Labute approximate surface area is 140 Å². The number of methoxy groups -OCH3 is 1. The van der Waals surface area contributed by atoms with Crippen LogP contribution in [0.4, 0.5) is 5.69 Å². The van der Waals surface area contributed by atoms with Crippen LogP contribution in [-0.4, -0.2) is 25.1 Å². The Morgan fingerprint density at radius 1 is 1.04 bits per heavy atom. The van der Waals surface area contributed by atoms with Crippen LogP contribution < -0.4 is 10.1 Å². The minimum atomic E-state index is -0.891. The van der Waals surface area contributed by atoms with Gasteiger partial charge in [0, 0.05) is 11.8 Å². The second kappa shape index (κ2) is 8.53. The molecule has 1 amide bonds. The van der Waals surface area contributed by atoms with Gasteiger partial charge >= 0.3 is 5.97 Å². The lowest BCUT2D eigenvalue weighted by Gasteiger charge is -2.12. The maximum atomic E-state index is 12.0. The third kappa shape index (κ3) is 5.28. The van der Waals surface area contributed by atoms with E-state index in [2.05, 4.69) is 5.32 Å². The van der Waals surface area contributed by atoms with Crippen molar-refractivity contribution in [3.63, 3.8) is 0 Å². The number of anilines is 1. The predicted molar refractivity (Wildman–Crippen MR) is 92.7 cm³/mol. The summed E-state index contributed by atoms with van der Waals surface area (Å²) in [4.78, 5) is 23.8. The van der Waals surface area contributed by atoms with E-state index in [1.807, 2.05) is 30.3 Å². The molecule has 0 aliphatic rings. The van der Waals surface area contributed by atoms with Gasteiger partial charge in [-0.05, 0) is 42.8 Å². The number of carbonyl (C=O) groups is 2. The minimum absolute atomic E-state index is 0.382. The lowest BCUT2D eigenvalue weighted by molar-refractivity contribution is -0.148. The van der Waals surface area contributed by atoms with E-state index in [9.17, 15) is 9.59 Å². The Balaban J connectivity index is 1.86. The number of benzene rings is 2. The Kier molecular flexibility index (Phi) is 6.14. The van der Waals surface area contributed by atoms with Gasteiger partial charge in [0.2, 0.25) is 0 Å². The van der Waals surface area contributed by atoms with Crippen LogP contribution in [0.15, 0.2) is 60.7 Å². The van der Waals surface area contributed by atoms with Gasteiger partial charge in [-0.2, -0.15) is 0 Å². The first-order chi connectivity index (χ1) is 11.6. The molecule has 1 unspecified atom stereocenters. The molecule has 0 saturated carbocycles.